The third-order valence-corrected chi connectivity index (χ3v) is 6.30. The first kappa shape index (κ1) is 20.6. The molecular weight excluding hydrogens is 404 g/mol. The van der Waals surface area contributed by atoms with Crippen LogP contribution in [-0.4, -0.2) is 28.9 Å². The standard InChI is InChI=1S/C23H23F2N3OS/c24-19-9-8-16(13-20(19)25)14-28-11-4-7-18(15-28)21(23-26-10-12-30-23)27-22(29)17-5-2-1-3-6-17/h1-3,5-6,8-10,12-13,18,21H,4,7,11,14-15H2,(H,27,29)/t18-,21+/m0/s1. The van der Waals surface area contributed by atoms with E-state index < -0.39 is 11.6 Å². The Morgan fingerprint density at radius 3 is 2.77 bits per heavy atom. The van der Waals surface area contributed by atoms with Crippen LogP contribution in [0.1, 0.15) is 39.8 Å². The number of benzene rings is 2. The van der Waals surface area contributed by atoms with Gasteiger partial charge in [-0.15, -0.1) is 11.3 Å². The number of piperidine rings is 1. The number of thiazole rings is 1. The molecule has 1 N–H and O–H groups in total. The number of nitrogens with zero attached hydrogens (tertiary/aromatic N) is 2. The first-order chi connectivity index (χ1) is 14.6. The summed E-state index contributed by atoms with van der Waals surface area (Å²) in [6.45, 7) is 2.18. The monoisotopic (exact) mass is 427 g/mol. The summed E-state index contributed by atoms with van der Waals surface area (Å²) in [5, 5.41) is 5.98. The molecule has 1 saturated heterocycles. The van der Waals surface area contributed by atoms with Crippen LogP contribution >= 0.6 is 11.3 Å². The minimum atomic E-state index is -0.831. The van der Waals surface area contributed by atoms with Gasteiger partial charge in [0.2, 0.25) is 0 Å². The molecule has 2 atom stereocenters. The largest absolute Gasteiger partial charge is 0.342 e. The number of aromatic nitrogens is 1. The quantitative estimate of drug-likeness (QED) is 0.614. The van der Waals surface area contributed by atoms with Gasteiger partial charge in [-0.25, -0.2) is 13.8 Å². The Bertz CT molecular complexity index is 981. The fourth-order valence-electron chi connectivity index (χ4n) is 3.99. The van der Waals surface area contributed by atoms with Gasteiger partial charge in [0.15, 0.2) is 11.6 Å². The molecule has 2 heterocycles. The second-order valence-electron chi connectivity index (χ2n) is 7.57. The summed E-state index contributed by atoms with van der Waals surface area (Å²) in [6, 6.07) is 13.0. The maximum Gasteiger partial charge on any atom is 0.251 e. The molecule has 0 radical (unpaired) electrons. The van der Waals surface area contributed by atoms with Crippen LogP contribution in [0.5, 0.6) is 0 Å². The third-order valence-electron chi connectivity index (χ3n) is 5.44. The molecule has 0 unspecified atom stereocenters. The fourth-order valence-corrected chi connectivity index (χ4v) is 4.77. The lowest BCUT2D eigenvalue weighted by atomic mass is 9.90. The van der Waals surface area contributed by atoms with Crippen LogP contribution in [-0.2, 0) is 6.54 Å². The zero-order chi connectivity index (χ0) is 20.9. The predicted molar refractivity (Wildman–Crippen MR) is 113 cm³/mol. The summed E-state index contributed by atoms with van der Waals surface area (Å²) in [6.07, 6.45) is 3.69. The van der Waals surface area contributed by atoms with Gasteiger partial charge in [-0.2, -0.15) is 0 Å². The number of carbonyl (C=O) groups is 1. The normalized spacial score (nSPS) is 18.1. The van der Waals surface area contributed by atoms with E-state index in [0.717, 1.165) is 36.5 Å². The summed E-state index contributed by atoms with van der Waals surface area (Å²) < 4.78 is 26.8. The minimum Gasteiger partial charge on any atom is -0.342 e. The number of carbonyl (C=O) groups excluding carboxylic acids is 1. The number of rotatable bonds is 6. The lowest BCUT2D eigenvalue weighted by molar-refractivity contribution is 0.0877. The maximum atomic E-state index is 13.6. The van der Waals surface area contributed by atoms with Crippen LogP contribution in [0.3, 0.4) is 0 Å². The Hall–Kier alpha value is -2.64. The van der Waals surface area contributed by atoms with Crippen molar-refractivity contribution >= 4 is 17.2 Å². The highest BCUT2D eigenvalue weighted by atomic mass is 32.1. The van der Waals surface area contributed by atoms with E-state index in [1.807, 2.05) is 23.6 Å². The molecule has 1 amide bonds. The summed E-state index contributed by atoms with van der Waals surface area (Å²) >= 11 is 1.54. The van der Waals surface area contributed by atoms with Crippen molar-refractivity contribution in [2.45, 2.75) is 25.4 Å². The molecule has 0 saturated carbocycles. The predicted octanol–water partition coefficient (Wildman–Crippen LogP) is 4.80. The van der Waals surface area contributed by atoms with E-state index in [1.54, 1.807) is 24.4 Å². The van der Waals surface area contributed by atoms with Crippen LogP contribution in [0.4, 0.5) is 8.78 Å². The zero-order valence-corrected chi connectivity index (χ0v) is 17.2. The first-order valence-electron chi connectivity index (χ1n) is 10.0. The molecule has 4 nitrogen and oxygen atoms in total. The smallest absolute Gasteiger partial charge is 0.251 e. The van der Waals surface area contributed by atoms with Crippen LogP contribution in [0.15, 0.2) is 60.1 Å². The second-order valence-corrected chi connectivity index (χ2v) is 8.50. The average Bonchev–Trinajstić information content (AvgIpc) is 3.30. The number of nitrogens with one attached hydrogen (secondary N) is 1. The van der Waals surface area contributed by atoms with Crippen molar-refractivity contribution in [2.75, 3.05) is 13.1 Å². The number of halogens is 2. The van der Waals surface area contributed by atoms with Crippen molar-refractivity contribution < 1.29 is 13.6 Å². The van der Waals surface area contributed by atoms with Gasteiger partial charge in [-0.3, -0.25) is 9.69 Å². The molecule has 3 aromatic rings. The molecule has 1 aliphatic heterocycles. The molecular formula is C23H23F2N3OS. The van der Waals surface area contributed by atoms with Crippen molar-refractivity contribution in [1.29, 1.82) is 0 Å². The summed E-state index contributed by atoms with van der Waals surface area (Å²) in [5.41, 5.74) is 1.36. The molecule has 0 bridgehead atoms. The summed E-state index contributed by atoms with van der Waals surface area (Å²) in [5.74, 6) is -1.59. The molecule has 7 heteroatoms. The van der Waals surface area contributed by atoms with Gasteiger partial charge in [0.05, 0.1) is 6.04 Å². The highest BCUT2D eigenvalue weighted by Crippen LogP contribution is 2.32. The molecule has 156 valence electrons. The summed E-state index contributed by atoms with van der Waals surface area (Å²) in [4.78, 5) is 19.5. The first-order valence-corrected chi connectivity index (χ1v) is 10.9. The molecule has 2 aromatic carbocycles. The van der Waals surface area contributed by atoms with Gasteiger partial charge in [0, 0.05) is 30.2 Å². The van der Waals surface area contributed by atoms with E-state index in [0.29, 0.717) is 12.1 Å². The van der Waals surface area contributed by atoms with Gasteiger partial charge in [-0.1, -0.05) is 24.3 Å². The molecule has 1 aromatic heterocycles. The number of amides is 1. The van der Waals surface area contributed by atoms with Gasteiger partial charge in [-0.05, 0) is 55.1 Å². The minimum absolute atomic E-state index is 0.117. The van der Waals surface area contributed by atoms with Crippen LogP contribution < -0.4 is 5.32 Å². The lowest BCUT2D eigenvalue weighted by Crippen LogP contribution is -2.42. The van der Waals surface area contributed by atoms with Crippen molar-refractivity contribution in [1.82, 2.24) is 15.2 Å². The van der Waals surface area contributed by atoms with Crippen molar-refractivity contribution in [3.05, 3.63) is 87.9 Å². The van der Waals surface area contributed by atoms with E-state index >= 15 is 0 Å². The maximum absolute atomic E-state index is 13.6. The number of likely N-dealkylation sites (tertiary alicyclic amines) is 1. The van der Waals surface area contributed by atoms with Crippen molar-refractivity contribution in [2.24, 2.45) is 5.92 Å². The Labute approximate surface area is 178 Å². The van der Waals surface area contributed by atoms with E-state index in [4.69, 9.17) is 0 Å². The Morgan fingerprint density at radius 2 is 2.03 bits per heavy atom. The molecule has 4 rings (SSSR count). The Kier molecular flexibility index (Phi) is 6.50. The SMILES string of the molecule is O=C(N[C@@H](c1nccs1)[C@H]1CCCN(Cc2ccc(F)c(F)c2)C1)c1ccccc1. The van der Waals surface area contributed by atoms with Crippen LogP contribution in [0.2, 0.25) is 0 Å². The van der Waals surface area contributed by atoms with E-state index in [2.05, 4.69) is 15.2 Å². The molecule has 0 spiro atoms. The Balaban J connectivity index is 1.49. The fraction of sp³-hybridized carbons (Fsp3) is 0.304. The van der Waals surface area contributed by atoms with E-state index in [-0.39, 0.29) is 17.9 Å². The number of hydrogen-bond acceptors (Lipinski definition) is 4. The van der Waals surface area contributed by atoms with Gasteiger partial charge >= 0.3 is 0 Å². The summed E-state index contributed by atoms with van der Waals surface area (Å²) in [7, 11) is 0. The molecule has 1 aliphatic rings. The number of hydrogen-bond donors (Lipinski definition) is 1. The van der Waals surface area contributed by atoms with E-state index in [1.165, 1.54) is 23.5 Å². The average molecular weight is 428 g/mol. The second kappa shape index (κ2) is 9.45. The van der Waals surface area contributed by atoms with Crippen molar-refractivity contribution in [3.63, 3.8) is 0 Å². The third kappa shape index (κ3) is 4.91. The van der Waals surface area contributed by atoms with Crippen LogP contribution in [0, 0.1) is 17.6 Å². The van der Waals surface area contributed by atoms with Gasteiger partial charge < -0.3 is 5.32 Å². The lowest BCUT2D eigenvalue weighted by Gasteiger charge is -2.36. The van der Waals surface area contributed by atoms with Crippen LogP contribution in [0.25, 0.3) is 0 Å². The molecule has 30 heavy (non-hydrogen) atoms. The van der Waals surface area contributed by atoms with E-state index in [9.17, 15) is 13.6 Å². The zero-order valence-electron chi connectivity index (χ0n) is 16.4. The highest BCUT2D eigenvalue weighted by molar-refractivity contribution is 7.09. The topological polar surface area (TPSA) is 45.2 Å². The van der Waals surface area contributed by atoms with Crippen molar-refractivity contribution in [3.8, 4) is 0 Å². The highest BCUT2D eigenvalue weighted by Gasteiger charge is 2.31. The van der Waals surface area contributed by atoms with Gasteiger partial charge in [0.1, 0.15) is 5.01 Å². The Morgan fingerprint density at radius 1 is 1.20 bits per heavy atom. The molecule has 0 aliphatic carbocycles. The van der Waals surface area contributed by atoms with Gasteiger partial charge in [0.25, 0.3) is 5.91 Å². The molecule has 1 fully saturated rings.